The Hall–Kier alpha value is -3.06. The van der Waals surface area contributed by atoms with Gasteiger partial charge < -0.3 is 40.3 Å². The summed E-state index contributed by atoms with van der Waals surface area (Å²) in [5.41, 5.74) is 0.711. The molecule has 0 bridgehead atoms. The Morgan fingerprint density at radius 3 is 2.04 bits per heavy atom. The molecular formula is C39H67N5O7. The van der Waals surface area contributed by atoms with Gasteiger partial charge in [-0.05, 0) is 50.1 Å². The van der Waals surface area contributed by atoms with Crippen LogP contribution in [0.5, 0.6) is 0 Å². The van der Waals surface area contributed by atoms with Crippen molar-refractivity contribution in [1.29, 1.82) is 0 Å². The number of carbonyl (C=O) groups excluding carboxylic acids is 4. The number of nitrogens with one attached hydrogen (secondary N) is 3. The third-order valence-corrected chi connectivity index (χ3v) is 10.7. The molecule has 1 aliphatic rings. The quantitative estimate of drug-likeness (QED) is 0.160. The van der Waals surface area contributed by atoms with E-state index in [0.717, 1.165) is 12.8 Å². The molecular weight excluding hydrogens is 650 g/mol. The number of aliphatic hydroxyl groups excluding tert-OH is 1. The van der Waals surface area contributed by atoms with Crippen molar-refractivity contribution < 1.29 is 33.8 Å². The standard InChI is InChI=1S/C39H67N5O7/c1-13-25(6)34(43(10)39(49)33(24(4)5)42-38(48)32(40-9)23(2)3)30(50-11)22-31(45)44-21-17-20-29(44)36(51-12)26(7)37(47)41-27(8)35(46)28-18-15-14-16-19-28/h14-16,18-19,23-27,29-30,32-36,40,46H,13,17,20-22H2,1-12H3,(H,41,47)(H,42,48)/t25?,26-,27-,29+,30-,32+,33+,34+,35-,36?/m1/s1. The number of carbonyl (C=O) groups is 4. The number of nitrogens with zero attached hydrogens (tertiary/aromatic N) is 2. The number of rotatable bonds is 20. The first-order chi connectivity index (χ1) is 24.0. The van der Waals surface area contributed by atoms with Gasteiger partial charge in [-0.15, -0.1) is 0 Å². The molecule has 12 heteroatoms. The lowest BCUT2D eigenvalue weighted by atomic mass is 9.89. The number of hydrogen-bond donors (Lipinski definition) is 4. The first-order valence-corrected chi connectivity index (χ1v) is 18.7. The zero-order chi connectivity index (χ0) is 38.6. The summed E-state index contributed by atoms with van der Waals surface area (Å²) in [7, 11) is 6.57. The molecule has 1 aromatic rings. The number of benzene rings is 1. The molecule has 1 heterocycles. The van der Waals surface area contributed by atoms with Gasteiger partial charge in [-0.2, -0.15) is 0 Å². The van der Waals surface area contributed by atoms with Crippen molar-refractivity contribution in [2.45, 2.75) is 130 Å². The predicted molar refractivity (Wildman–Crippen MR) is 200 cm³/mol. The van der Waals surface area contributed by atoms with Gasteiger partial charge in [0.1, 0.15) is 6.04 Å². The summed E-state index contributed by atoms with van der Waals surface area (Å²) in [6, 6.07) is 6.67. The van der Waals surface area contributed by atoms with E-state index >= 15 is 0 Å². The second-order valence-corrected chi connectivity index (χ2v) is 15.0. The van der Waals surface area contributed by atoms with E-state index in [1.54, 1.807) is 52.0 Å². The Balaban J connectivity index is 2.24. The molecule has 1 aliphatic heterocycles. The number of amides is 4. The lowest BCUT2D eigenvalue weighted by Crippen LogP contribution is -2.59. The minimum absolute atomic E-state index is 0.0148. The molecule has 2 rings (SSSR count). The maximum absolute atomic E-state index is 14.1. The topological polar surface area (TPSA) is 150 Å². The summed E-state index contributed by atoms with van der Waals surface area (Å²) < 4.78 is 11.9. The zero-order valence-corrected chi connectivity index (χ0v) is 33.1. The maximum atomic E-state index is 14.1. The van der Waals surface area contributed by atoms with Crippen LogP contribution in [0.25, 0.3) is 0 Å². The first kappa shape index (κ1) is 44.1. The largest absolute Gasteiger partial charge is 0.386 e. The Morgan fingerprint density at radius 1 is 0.922 bits per heavy atom. The van der Waals surface area contributed by atoms with Crippen molar-refractivity contribution in [2.24, 2.45) is 23.7 Å². The van der Waals surface area contributed by atoms with Crippen LogP contribution in [0.1, 0.15) is 92.7 Å². The average Bonchev–Trinajstić information content (AvgIpc) is 3.59. The fraction of sp³-hybridized carbons (Fsp3) is 0.744. The number of likely N-dealkylation sites (N-methyl/N-ethyl adjacent to an activating group) is 2. The van der Waals surface area contributed by atoms with Gasteiger partial charge in [-0.3, -0.25) is 19.2 Å². The lowest BCUT2D eigenvalue weighted by Gasteiger charge is -2.41. The highest BCUT2D eigenvalue weighted by Crippen LogP contribution is 2.30. The van der Waals surface area contributed by atoms with Gasteiger partial charge in [0.05, 0.1) is 54.8 Å². The van der Waals surface area contributed by atoms with Gasteiger partial charge in [0.2, 0.25) is 23.6 Å². The molecule has 10 atom stereocenters. The van der Waals surface area contributed by atoms with E-state index in [9.17, 15) is 24.3 Å². The lowest BCUT2D eigenvalue weighted by molar-refractivity contribution is -0.148. The van der Waals surface area contributed by atoms with Crippen LogP contribution in [-0.2, 0) is 28.7 Å². The molecule has 12 nitrogen and oxygen atoms in total. The van der Waals surface area contributed by atoms with Crippen LogP contribution >= 0.6 is 0 Å². The predicted octanol–water partition coefficient (Wildman–Crippen LogP) is 3.53. The molecule has 1 saturated heterocycles. The summed E-state index contributed by atoms with van der Waals surface area (Å²) in [6.07, 6.45) is 0.147. The van der Waals surface area contributed by atoms with Crippen LogP contribution < -0.4 is 16.0 Å². The second kappa shape index (κ2) is 20.8. The average molecular weight is 718 g/mol. The van der Waals surface area contributed by atoms with Crippen LogP contribution in [0.4, 0.5) is 0 Å². The zero-order valence-electron chi connectivity index (χ0n) is 33.1. The van der Waals surface area contributed by atoms with Gasteiger partial charge in [-0.25, -0.2) is 0 Å². The van der Waals surface area contributed by atoms with E-state index in [1.165, 1.54) is 0 Å². The Labute approximate surface area is 306 Å². The molecule has 4 amide bonds. The van der Waals surface area contributed by atoms with Gasteiger partial charge in [-0.1, -0.05) is 85.2 Å². The van der Waals surface area contributed by atoms with E-state index in [2.05, 4.69) is 16.0 Å². The Bertz CT molecular complexity index is 1250. The smallest absolute Gasteiger partial charge is 0.245 e. The van der Waals surface area contributed by atoms with E-state index < -0.39 is 48.4 Å². The Morgan fingerprint density at radius 2 is 1.53 bits per heavy atom. The SMILES string of the molecule is CCC(C)[C@@H]([C@@H](CC(=O)N1CCC[C@H]1C(OC)[C@@H](C)C(=O)N[C@H](C)[C@@H](O)c1ccccc1)OC)N(C)C(=O)[C@@H](NC(=O)[C@@H](NC)C(C)C)C(C)C. The molecule has 0 aromatic heterocycles. The van der Waals surface area contributed by atoms with Crippen molar-refractivity contribution in [3.8, 4) is 0 Å². The molecule has 51 heavy (non-hydrogen) atoms. The van der Waals surface area contributed by atoms with Crippen molar-refractivity contribution in [2.75, 3.05) is 34.9 Å². The van der Waals surface area contributed by atoms with E-state index in [1.807, 2.05) is 71.9 Å². The van der Waals surface area contributed by atoms with E-state index in [-0.39, 0.29) is 53.8 Å². The van der Waals surface area contributed by atoms with Crippen LogP contribution in [0.2, 0.25) is 0 Å². The third kappa shape index (κ3) is 11.5. The highest BCUT2D eigenvalue weighted by Gasteiger charge is 2.43. The minimum Gasteiger partial charge on any atom is -0.386 e. The van der Waals surface area contributed by atoms with Gasteiger partial charge in [0.25, 0.3) is 0 Å². The summed E-state index contributed by atoms with van der Waals surface area (Å²) in [5.74, 6) is -1.62. The number of aliphatic hydroxyl groups is 1. The van der Waals surface area contributed by atoms with Crippen molar-refractivity contribution in [3.63, 3.8) is 0 Å². The van der Waals surface area contributed by atoms with Crippen LogP contribution in [0, 0.1) is 23.7 Å². The molecule has 2 unspecified atom stereocenters. The molecule has 290 valence electrons. The fourth-order valence-electron chi connectivity index (χ4n) is 7.42. The van der Waals surface area contributed by atoms with Crippen LogP contribution in [-0.4, -0.2) is 116 Å². The fourth-order valence-corrected chi connectivity index (χ4v) is 7.42. The normalized spacial score (nSPS) is 20.1. The van der Waals surface area contributed by atoms with Crippen molar-refractivity contribution in [3.05, 3.63) is 35.9 Å². The van der Waals surface area contributed by atoms with Crippen LogP contribution in [0.3, 0.4) is 0 Å². The van der Waals surface area contributed by atoms with Crippen molar-refractivity contribution in [1.82, 2.24) is 25.8 Å². The summed E-state index contributed by atoms with van der Waals surface area (Å²) >= 11 is 0. The second-order valence-electron chi connectivity index (χ2n) is 15.0. The number of ether oxygens (including phenoxy) is 2. The molecule has 0 aliphatic carbocycles. The summed E-state index contributed by atoms with van der Waals surface area (Å²) in [5, 5.41) is 19.8. The highest BCUT2D eigenvalue weighted by molar-refractivity contribution is 5.90. The maximum Gasteiger partial charge on any atom is 0.245 e. The third-order valence-electron chi connectivity index (χ3n) is 10.7. The molecule has 0 saturated carbocycles. The first-order valence-electron chi connectivity index (χ1n) is 18.7. The minimum atomic E-state index is -0.875. The number of likely N-dealkylation sites (tertiary alicyclic amines) is 1. The van der Waals surface area contributed by atoms with Gasteiger partial charge >= 0.3 is 0 Å². The highest BCUT2D eigenvalue weighted by atomic mass is 16.5. The summed E-state index contributed by atoms with van der Waals surface area (Å²) in [6.45, 7) is 15.9. The van der Waals surface area contributed by atoms with Crippen molar-refractivity contribution >= 4 is 23.6 Å². The Kier molecular flexibility index (Phi) is 18.0. The molecule has 1 aromatic carbocycles. The van der Waals surface area contributed by atoms with Gasteiger partial charge in [0.15, 0.2) is 0 Å². The van der Waals surface area contributed by atoms with Gasteiger partial charge in [0, 0.05) is 27.8 Å². The van der Waals surface area contributed by atoms with E-state index in [4.69, 9.17) is 9.47 Å². The molecule has 1 fully saturated rings. The molecule has 0 radical (unpaired) electrons. The summed E-state index contributed by atoms with van der Waals surface area (Å²) in [4.78, 5) is 58.3. The van der Waals surface area contributed by atoms with E-state index in [0.29, 0.717) is 18.5 Å². The number of hydrogen-bond acceptors (Lipinski definition) is 8. The molecule has 4 N–H and O–H groups in total. The molecule has 0 spiro atoms. The number of methoxy groups -OCH3 is 2. The van der Waals surface area contributed by atoms with Crippen LogP contribution in [0.15, 0.2) is 30.3 Å². The monoisotopic (exact) mass is 718 g/mol.